The molecule has 3 aromatic rings. The van der Waals surface area contributed by atoms with Crippen molar-refractivity contribution in [3.05, 3.63) is 46.1 Å². The minimum Gasteiger partial charge on any atom is -0.489 e. The van der Waals surface area contributed by atoms with Crippen LogP contribution in [0.4, 0.5) is 0 Å². The van der Waals surface area contributed by atoms with E-state index in [1.54, 1.807) is 22.7 Å². The van der Waals surface area contributed by atoms with Gasteiger partial charge in [-0.05, 0) is 29.0 Å². The lowest BCUT2D eigenvalue weighted by Crippen LogP contribution is -2.41. The molecule has 0 aromatic carbocycles. The van der Waals surface area contributed by atoms with Crippen LogP contribution in [-0.2, 0) is 0 Å². The molecule has 1 N–H and O–H groups in total. The Hall–Kier alpha value is -2.12. The lowest BCUT2D eigenvalue weighted by atomic mass is 10.1. The number of rotatable bonds is 4. The Kier molecular flexibility index (Phi) is 4.36. The summed E-state index contributed by atoms with van der Waals surface area (Å²) in [4.78, 5) is 15.6. The molecule has 7 heteroatoms. The molecule has 0 spiro atoms. The molecule has 1 aliphatic heterocycles. The lowest BCUT2D eigenvalue weighted by molar-refractivity contribution is 0.0591. The summed E-state index contributed by atoms with van der Waals surface area (Å²) < 4.78 is 5.93. The molecule has 1 amide bonds. The lowest BCUT2D eigenvalue weighted by Gasteiger charge is -2.31. The first kappa shape index (κ1) is 15.4. The van der Waals surface area contributed by atoms with Gasteiger partial charge in [0.1, 0.15) is 11.9 Å². The molecule has 0 unspecified atom stereocenters. The van der Waals surface area contributed by atoms with Gasteiger partial charge in [0.05, 0.1) is 10.6 Å². The number of hydrogen-bond acceptors (Lipinski definition) is 5. The van der Waals surface area contributed by atoms with Gasteiger partial charge in [0, 0.05) is 31.3 Å². The SMILES string of the molecule is O=C(c1cc(-c2cccs2)[nH]n1)N1CCC(Oc2ccsc2)CC1. The van der Waals surface area contributed by atoms with E-state index in [1.807, 2.05) is 45.3 Å². The van der Waals surface area contributed by atoms with Gasteiger partial charge in [-0.25, -0.2) is 0 Å². The molecule has 4 heterocycles. The third-order valence-corrected chi connectivity index (χ3v) is 5.68. The molecule has 124 valence electrons. The van der Waals surface area contributed by atoms with E-state index in [4.69, 9.17) is 4.74 Å². The van der Waals surface area contributed by atoms with Crippen LogP contribution in [0.3, 0.4) is 0 Å². The minimum absolute atomic E-state index is 0.0111. The topological polar surface area (TPSA) is 58.2 Å². The van der Waals surface area contributed by atoms with Crippen LogP contribution in [0.25, 0.3) is 10.6 Å². The highest BCUT2D eigenvalue weighted by molar-refractivity contribution is 7.13. The van der Waals surface area contributed by atoms with Crippen LogP contribution in [0.1, 0.15) is 23.3 Å². The summed E-state index contributed by atoms with van der Waals surface area (Å²) in [5.41, 5.74) is 1.37. The van der Waals surface area contributed by atoms with Gasteiger partial charge in [-0.3, -0.25) is 9.89 Å². The zero-order chi connectivity index (χ0) is 16.4. The molecular weight excluding hydrogens is 342 g/mol. The Morgan fingerprint density at radius 3 is 2.88 bits per heavy atom. The van der Waals surface area contributed by atoms with E-state index < -0.39 is 0 Å². The van der Waals surface area contributed by atoms with E-state index >= 15 is 0 Å². The van der Waals surface area contributed by atoms with Crippen molar-refractivity contribution in [2.45, 2.75) is 18.9 Å². The second-order valence-corrected chi connectivity index (χ2v) is 7.44. The summed E-state index contributed by atoms with van der Waals surface area (Å²) in [6, 6.07) is 7.82. The van der Waals surface area contributed by atoms with Crippen molar-refractivity contribution in [2.24, 2.45) is 0 Å². The summed E-state index contributed by atoms with van der Waals surface area (Å²) >= 11 is 3.26. The van der Waals surface area contributed by atoms with Crippen LogP contribution in [0.5, 0.6) is 5.75 Å². The standard InChI is InChI=1S/C17H17N3O2S2/c21-17(15-10-14(18-19-15)16-2-1-8-24-16)20-6-3-12(4-7-20)22-13-5-9-23-11-13/h1-2,5,8-12H,3-4,6-7H2,(H,18,19). The summed E-state index contributed by atoms with van der Waals surface area (Å²) in [5, 5.41) is 13.2. The second kappa shape index (κ2) is 6.78. The highest BCUT2D eigenvalue weighted by atomic mass is 32.1. The van der Waals surface area contributed by atoms with E-state index in [0.717, 1.165) is 29.2 Å². The van der Waals surface area contributed by atoms with E-state index in [2.05, 4.69) is 10.2 Å². The quantitative estimate of drug-likeness (QED) is 0.769. The van der Waals surface area contributed by atoms with Gasteiger partial charge < -0.3 is 9.64 Å². The fourth-order valence-electron chi connectivity index (χ4n) is 2.84. The average molecular weight is 359 g/mol. The smallest absolute Gasteiger partial charge is 0.274 e. The predicted octanol–water partition coefficient (Wildman–Crippen LogP) is 3.88. The summed E-state index contributed by atoms with van der Waals surface area (Å²) in [6.45, 7) is 1.41. The fraction of sp³-hybridized carbons (Fsp3) is 0.294. The van der Waals surface area contributed by atoms with Crippen molar-refractivity contribution in [2.75, 3.05) is 13.1 Å². The predicted molar refractivity (Wildman–Crippen MR) is 95.8 cm³/mol. The number of amides is 1. The number of hydrogen-bond donors (Lipinski definition) is 1. The molecule has 1 aliphatic rings. The maximum Gasteiger partial charge on any atom is 0.274 e. The first-order chi connectivity index (χ1) is 11.8. The number of thiophene rings is 2. The van der Waals surface area contributed by atoms with E-state index in [1.165, 1.54) is 0 Å². The third kappa shape index (κ3) is 3.22. The molecule has 1 saturated heterocycles. The number of piperidine rings is 1. The second-order valence-electron chi connectivity index (χ2n) is 5.71. The highest BCUT2D eigenvalue weighted by Crippen LogP contribution is 2.25. The van der Waals surface area contributed by atoms with Crippen molar-refractivity contribution in [1.29, 1.82) is 0 Å². The molecule has 3 aromatic heterocycles. The van der Waals surface area contributed by atoms with Gasteiger partial charge in [-0.15, -0.1) is 22.7 Å². The van der Waals surface area contributed by atoms with Crippen molar-refractivity contribution in [1.82, 2.24) is 15.1 Å². The maximum atomic E-state index is 12.6. The molecular formula is C17H17N3O2S2. The summed E-state index contributed by atoms with van der Waals surface area (Å²) in [6.07, 6.45) is 1.89. The van der Waals surface area contributed by atoms with E-state index in [-0.39, 0.29) is 12.0 Å². The number of nitrogens with zero attached hydrogens (tertiary/aromatic N) is 2. The van der Waals surface area contributed by atoms with Gasteiger partial charge in [-0.2, -0.15) is 5.10 Å². The fourth-order valence-corrected chi connectivity index (χ4v) is 4.09. The number of carbonyl (C=O) groups is 1. The van der Waals surface area contributed by atoms with Crippen LogP contribution in [-0.4, -0.2) is 40.2 Å². The van der Waals surface area contributed by atoms with Crippen molar-refractivity contribution < 1.29 is 9.53 Å². The van der Waals surface area contributed by atoms with E-state index in [9.17, 15) is 4.79 Å². The number of carbonyl (C=O) groups excluding carboxylic acids is 1. The number of aromatic amines is 1. The molecule has 4 rings (SSSR count). The average Bonchev–Trinajstić information content (AvgIpc) is 3.36. The molecule has 0 atom stereocenters. The molecule has 5 nitrogen and oxygen atoms in total. The third-order valence-electron chi connectivity index (χ3n) is 4.11. The molecule has 0 radical (unpaired) electrons. The first-order valence-corrected chi connectivity index (χ1v) is 9.69. The van der Waals surface area contributed by atoms with Crippen molar-refractivity contribution >= 4 is 28.6 Å². The molecule has 0 saturated carbocycles. The summed E-state index contributed by atoms with van der Waals surface area (Å²) in [7, 11) is 0. The van der Waals surface area contributed by atoms with Crippen LogP contribution < -0.4 is 4.74 Å². The largest absolute Gasteiger partial charge is 0.489 e. The highest BCUT2D eigenvalue weighted by Gasteiger charge is 2.26. The Balaban J connectivity index is 1.36. The van der Waals surface area contributed by atoms with Gasteiger partial charge >= 0.3 is 0 Å². The Bertz CT molecular complexity index is 788. The molecule has 0 bridgehead atoms. The number of ether oxygens (including phenoxy) is 1. The van der Waals surface area contributed by atoms with E-state index in [0.29, 0.717) is 18.8 Å². The van der Waals surface area contributed by atoms with Crippen molar-refractivity contribution in [3.63, 3.8) is 0 Å². The van der Waals surface area contributed by atoms with Crippen molar-refractivity contribution in [3.8, 4) is 16.3 Å². The maximum absolute atomic E-state index is 12.6. The van der Waals surface area contributed by atoms with Crippen LogP contribution >= 0.6 is 22.7 Å². The zero-order valence-electron chi connectivity index (χ0n) is 13.0. The summed E-state index contributed by atoms with van der Waals surface area (Å²) in [5.74, 6) is 0.917. The number of H-pyrrole nitrogens is 1. The molecule has 1 fully saturated rings. The number of likely N-dealkylation sites (tertiary alicyclic amines) is 1. The Labute approximate surface area is 147 Å². The van der Waals surface area contributed by atoms with Gasteiger partial charge in [-0.1, -0.05) is 6.07 Å². The Morgan fingerprint density at radius 2 is 2.17 bits per heavy atom. The molecule has 24 heavy (non-hydrogen) atoms. The minimum atomic E-state index is -0.0111. The van der Waals surface area contributed by atoms with Crippen LogP contribution in [0.15, 0.2) is 40.4 Å². The zero-order valence-corrected chi connectivity index (χ0v) is 14.6. The normalized spacial score (nSPS) is 15.6. The first-order valence-electron chi connectivity index (χ1n) is 7.87. The monoisotopic (exact) mass is 359 g/mol. The van der Waals surface area contributed by atoms with Gasteiger partial charge in [0.15, 0.2) is 5.69 Å². The van der Waals surface area contributed by atoms with Gasteiger partial charge in [0.2, 0.25) is 0 Å². The Morgan fingerprint density at radius 1 is 1.29 bits per heavy atom. The van der Waals surface area contributed by atoms with Crippen LogP contribution in [0.2, 0.25) is 0 Å². The van der Waals surface area contributed by atoms with Gasteiger partial charge in [0.25, 0.3) is 5.91 Å². The number of aromatic nitrogens is 2. The van der Waals surface area contributed by atoms with Crippen LogP contribution in [0, 0.1) is 0 Å². The molecule has 0 aliphatic carbocycles. The number of nitrogens with one attached hydrogen (secondary N) is 1.